The van der Waals surface area contributed by atoms with Crippen LogP contribution in [0.2, 0.25) is 0 Å². The summed E-state index contributed by atoms with van der Waals surface area (Å²) in [5.74, 6) is -0.0229. The number of likely N-dealkylation sites (N-methyl/N-ethyl adjacent to an activating group) is 1. The van der Waals surface area contributed by atoms with Gasteiger partial charge in [0.2, 0.25) is 5.91 Å². The van der Waals surface area contributed by atoms with Gasteiger partial charge in [-0.15, -0.1) is 0 Å². The number of rotatable bonds is 2. The molecule has 4 nitrogen and oxygen atoms in total. The lowest BCUT2D eigenvalue weighted by Crippen LogP contribution is -2.30. The molecule has 1 N–H and O–H groups in total. The Balaban J connectivity index is 1.86. The van der Waals surface area contributed by atoms with Crippen molar-refractivity contribution in [2.45, 2.75) is 18.6 Å². The maximum absolute atomic E-state index is 12.7. The third-order valence-corrected chi connectivity index (χ3v) is 4.41. The quantitative estimate of drug-likeness (QED) is 0.927. The molecule has 21 heavy (non-hydrogen) atoms. The molecule has 1 unspecified atom stereocenters. The highest BCUT2D eigenvalue weighted by molar-refractivity contribution is 7.22. The molecule has 3 rings (SSSR count). The third-order valence-electron chi connectivity index (χ3n) is 3.44. The van der Waals surface area contributed by atoms with Crippen LogP contribution in [0.4, 0.5) is 18.3 Å². The number of anilines is 1. The van der Waals surface area contributed by atoms with Crippen LogP contribution >= 0.6 is 11.3 Å². The van der Waals surface area contributed by atoms with E-state index >= 15 is 0 Å². The molecular formula is C13H12F3N3OS. The summed E-state index contributed by atoms with van der Waals surface area (Å²) in [6, 6.07) is 3.12. The summed E-state index contributed by atoms with van der Waals surface area (Å²) in [5.41, 5.74) is -0.431. The topological polar surface area (TPSA) is 45.2 Å². The van der Waals surface area contributed by atoms with E-state index in [-0.39, 0.29) is 17.5 Å². The van der Waals surface area contributed by atoms with E-state index in [9.17, 15) is 18.0 Å². The van der Waals surface area contributed by atoms with Crippen LogP contribution in [0, 0.1) is 0 Å². The van der Waals surface area contributed by atoms with E-state index in [0.29, 0.717) is 22.8 Å². The van der Waals surface area contributed by atoms with Crippen molar-refractivity contribution in [1.29, 1.82) is 0 Å². The molecule has 1 atom stereocenters. The first-order valence-electron chi connectivity index (χ1n) is 6.34. The average Bonchev–Trinajstić information content (AvgIpc) is 2.94. The van der Waals surface area contributed by atoms with E-state index in [1.54, 1.807) is 11.9 Å². The fraction of sp³-hybridized carbons (Fsp3) is 0.385. The van der Waals surface area contributed by atoms with E-state index in [4.69, 9.17) is 0 Å². The van der Waals surface area contributed by atoms with Crippen LogP contribution in [0.1, 0.15) is 12.0 Å². The molecule has 0 bridgehead atoms. The fourth-order valence-electron chi connectivity index (χ4n) is 2.27. The molecule has 2 heterocycles. The first kappa shape index (κ1) is 14.1. The number of hydrogen-bond donors (Lipinski definition) is 1. The minimum Gasteiger partial charge on any atom is -0.350 e. The standard InChI is InChI=1S/C13H12F3N3OS/c1-19-5-4-8(11(19)20)17-12-18-9-6-7(13(14,15)16)2-3-10(9)21-12/h2-3,6,8H,4-5H2,1H3,(H,17,18). The normalized spacial score (nSPS) is 19.5. The number of halogens is 3. The molecule has 1 aromatic heterocycles. The van der Waals surface area contributed by atoms with Crippen LogP contribution < -0.4 is 5.32 Å². The number of amides is 1. The molecule has 1 fully saturated rings. The number of carbonyl (C=O) groups excluding carboxylic acids is 1. The van der Waals surface area contributed by atoms with Gasteiger partial charge in [-0.25, -0.2) is 4.98 Å². The molecule has 1 saturated heterocycles. The summed E-state index contributed by atoms with van der Waals surface area (Å²) in [7, 11) is 1.72. The summed E-state index contributed by atoms with van der Waals surface area (Å²) in [4.78, 5) is 17.6. The first-order valence-corrected chi connectivity index (χ1v) is 7.15. The van der Waals surface area contributed by atoms with Crippen molar-refractivity contribution in [2.24, 2.45) is 0 Å². The Morgan fingerprint density at radius 1 is 1.43 bits per heavy atom. The second-order valence-electron chi connectivity index (χ2n) is 4.94. The molecule has 112 valence electrons. The summed E-state index contributed by atoms with van der Waals surface area (Å²) in [5, 5.41) is 3.47. The second-order valence-corrected chi connectivity index (χ2v) is 5.98. The van der Waals surface area contributed by atoms with Crippen molar-refractivity contribution in [3.63, 3.8) is 0 Å². The van der Waals surface area contributed by atoms with Gasteiger partial charge in [0.25, 0.3) is 0 Å². The van der Waals surface area contributed by atoms with Crippen molar-refractivity contribution in [1.82, 2.24) is 9.88 Å². The van der Waals surface area contributed by atoms with Crippen molar-refractivity contribution in [3.8, 4) is 0 Å². The lowest BCUT2D eigenvalue weighted by molar-refractivity contribution is -0.137. The number of aromatic nitrogens is 1. The Hall–Kier alpha value is -1.83. The maximum Gasteiger partial charge on any atom is 0.416 e. The molecule has 2 aromatic rings. The Morgan fingerprint density at radius 3 is 2.81 bits per heavy atom. The van der Waals surface area contributed by atoms with Crippen LogP contribution in [-0.4, -0.2) is 35.4 Å². The van der Waals surface area contributed by atoms with Gasteiger partial charge in [-0.05, 0) is 24.6 Å². The van der Waals surface area contributed by atoms with Crippen molar-refractivity contribution < 1.29 is 18.0 Å². The van der Waals surface area contributed by atoms with Crippen LogP contribution in [0.5, 0.6) is 0 Å². The lowest BCUT2D eigenvalue weighted by Gasteiger charge is -2.10. The second kappa shape index (κ2) is 4.87. The number of alkyl halides is 3. The van der Waals surface area contributed by atoms with Gasteiger partial charge in [0, 0.05) is 13.6 Å². The molecule has 0 spiro atoms. The predicted molar refractivity (Wildman–Crippen MR) is 74.3 cm³/mol. The molecule has 1 aliphatic heterocycles. The first-order chi connectivity index (χ1) is 9.84. The zero-order valence-corrected chi connectivity index (χ0v) is 11.9. The molecule has 0 saturated carbocycles. The fourth-order valence-corrected chi connectivity index (χ4v) is 3.17. The van der Waals surface area contributed by atoms with Gasteiger partial charge in [-0.1, -0.05) is 11.3 Å². The van der Waals surface area contributed by atoms with Gasteiger partial charge in [-0.2, -0.15) is 13.2 Å². The van der Waals surface area contributed by atoms with E-state index in [1.165, 1.54) is 17.4 Å². The van der Waals surface area contributed by atoms with Gasteiger partial charge in [0.1, 0.15) is 6.04 Å². The van der Waals surface area contributed by atoms with Gasteiger partial charge in [0.15, 0.2) is 5.13 Å². The van der Waals surface area contributed by atoms with Crippen LogP contribution in [0.3, 0.4) is 0 Å². The van der Waals surface area contributed by atoms with E-state index in [2.05, 4.69) is 10.3 Å². The zero-order valence-electron chi connectivity index (χ0n) is 11.1. The van der Waals surface area contributed by atoms with Crippen molar-refractivity contribution >= 4 is 32.6 Å². The molecule has 0 aliphatic carbocycles. The highest BCUT2D eigenvalue weighted by Gasteiger charge is 2.31. The van der Waals surface area contributed by atoms with E-state index < -0.39 is 11.7 Å². The SMILES string of the molecule is CN1CCC(Nc2nc3cc(C(F)(F)F)ccc3s2)C1=O. The lowest BCUT2D eigenvalue weighted by atomic mass is 10.2. The van der Waals surface area contributed by atoms with Crippen LogP contribution in [-0.2, 0) is 11.0 Å². The number of thiazole rings is 1. The predicted octanol–water partition coefficient (Wildman–Crippen LogP) is 2.96. The number of nitrogens with one attached hydrogen (secondary N) is 1. The molecule has 1 amide bonds. The number of benzene rings is 1. The highest BCUT2D eigenvalue weighted by atomic mass is 32.1. The van der Waals surface area contributed by atoms with E-state index in [1.807, 2.05) is 0 Å². The molecule has 1 aliphatic rings. The molecular weight excluding hydrogens is 303 g/mol. The monoisotopic (exact) mass is 315 g/mol. The number of carbonyl (C=O) groups is 1. The Bertz CT molecular complexity index is 698. The minimum atomic E-state index is -4.38. The third kappa shape index (κ3) is 2.67. The zero-order chi connectivity index (χ0) is 15.2. The smallest absolute Gasteiger partial charge is 0.350 e. The molecule has 8 heteroatoms. The van der Waals surface area contributed by atoms with Gasteiger partial charge in [0.05, 0.1) is 15.8 Å². The number of nitrogens with zero attached hydrogens (tertiary/aromatic N) is 2. The number of likely N-dealkylation sites (tertiary alicyclic amines) is 1. The summed E-state index contributed by atoms with van der Waals surface area (Å²) < 4.78 is 38.6. The summed E-state index contributed by atoms with van der Waals surface area (Å²) in [6.45, 7) is 0.666. The maximum atomic E-state index is 12.7. The van der Waals surface area contributed by atoms with Crippen molar-refractivity contribution in [2.75, 3.05) is 18.9 Å². The van der Waals surface area contributed by atoms with Crippen molar-refractivity contribution in [3.05, 3.63) is 23.8 Å². The Morgan fingerprint density at radius 2 is 2.19 bits per heavy atom. The largest absolute Gasteiger partial charge is 0.416 e. The molecule has 1 aromatic carbocycles. The number of fused-ring (bicyclic) bond motifs is 1. The summed E-state index contributed by atoms with van der Waals surface area (Å²) >= 11 is 1.25. The highest BCUT2D eigenvalue weighted by Crippen LogP contribution is 2.34. The van der Waals surface area contributed by atoms with Crippen LogP contribution in [0.25, 0.3) is 10.2 Å². The summed E-state index contributed by atoms with van der Waals surface area (Å²) in [6.07, 6.45) is -3.71. The molecule has 0 radical (unpaired) electrons. The van der Waals surface area contributed by atoms with Crippen LogP contribution in [0.15, 0.2) is 18.2 Å². The Kier molecular flexibility index (Phi) is 3.27. The van der Waals surface area contributed by atoms with Gasteiger partial charge >= 0.3 is 6.18 Å². The van der Waals surface area contributed by atoms with Gasteiger partial charge < -0.3 is 10.2 Å². The van der Waals surface area contributed by atoms with E-state index in [0.717, 1.165) is 12.1 Å². The average molecular weight is 315 g/mol. The number of hydrogen-bond acceptors (Lipinski definition) is 4. The van der Waals surface area contributed by atoms with Gasteiger partial charge in [-0.3, -0.25) is 4.79 Å². The minimum absolute atomic E-state index is 0.0229. The Labute approximate surface area is 122 Å².